The molecule has 0 aliphatic carbocycles. The zero-order valence-corrected chi connectivity index (χ0v) is 15.3. The highest BCUT2D eigenvalue weighted by Gasteiger charge is 2.22. The van der Waals surface area contributed by atoms with E-state index in [1.54, 1.807) is 26.1 Å². The molecule has 0 aliphatic rings. The smallest absolute Gasteiger partial charge is 0.269 e. The summed E-state index contributed by atoms with van der Waals surface area (Å²) in [7, 11) is 3.04. The van der Waals surface area contributed by atoms with E-state index in [0.29, 0.717) is 16.9 Å². The second kappa shape index (κ2) is 7.72. The van der Waals surface area contributed by atoms with E-state index in [-0.39, 0.29) is 27.7 Å². The van der Waals surface area contributed by atoms with E-state index in [2.05, 4.69) is 0 Å². The van der Waals surface area contributed by atoms with Crippen molar-refractivity contribution in [2.24, 2.45) is 0 Å². The summed E-state index contributed by atoms with van der Waals surface area (Å²) in [4.78, 5) is 24.6. The number of carbonyl (C=O) groups excluding carboxylic acids is 1. The molecule has 1 amide bonds. The Balaban J connectivity index is 2.30. The first-order valence-corrected chi connectivity index (χ1v) is 8.06. The van der Waals surface area contributed by atoms with Gasteiger partial charge in [-0.25, -0.2) is 0 Å². The van der Waals surface area contributed by atoms with Crippen molar-refractivity contribution in [1.29, 1.82) is 0 Å². The Kier molecular flexibility index (Phi) is 5.87. The van der Waals surface area contributed by atoms with Crippen molar-refractivity contribution in [2.45, 2.75) is 13.0 Å². The van der Waals surface area contributed by atoms with Gasteiger partial charge in [-0.3, -0.25) is 14.9 Å². The van der Waals surface area contributed by atoms with Crippen LogP contribution in [-0.2, 0) is 0 Å². The zero-order valence-electron chi connectivity index (χ0n) is 13.8. The number of amides is 1. The van der Waals surface area contributed by atoms with Gasteiger partial charge in [0, 0.05) is 24.7 Å². The number of rotatable bonds is 5. The van der Waals surface area contributed by atoms with Crippen molar-refractivity contribution in [2.75, 3.05) is 14.2 Å². The lowest BCUT2D eigenvalue weighted by molar-refractivity contribution is -0.384. The van der Waals surface area contributed by atoms with Gasteiger partial charge in [-0.05, 0) is 24.6 Å². The lowest BCUT2D eigenvalue weighted by Crippen LogP contribution is -2.29. The maximum atomic E-state index is 12.7. The highest BCUT2D eigenvalue weighted by Crippen LogP contribution is 2.34. The van der Waals surface area contributed by atoms with Crippen molar-refractivity contribution >= 4 is 34.8 Å². The third-order valence-electron chi connectivity index (χ3n) is 3.91. The van der Waals surface area contributed by atoms with Gasteiger partial charge >= 0.3 is 0 Å². The van der Waals surface area contributed by atoms with Crippen LogP contribution >= 0.6 is 23.2 Å². The van der Waals surface area contributed by atoms with E-state index in [1.807, 2.05) is 0 Å². The van der Waals surface area contributed by atoms with Crippen LogP contribution in [0.25, 0.3) is 0 Å². The van der Waals surface area contributed by atoms with Crippen LogP contribution in [0.2, 0.25) is 10.0 Å². The fourth-order valence-electron chi connectivity index (χ4n) is 2.38. The van der Waals surface area contributed by atoms with Gasteiger partial charge in [-0.15, -0.1) is 0 Å². The Bertz CT molecular complexity index is 803. The monoisotopic (exact) mass is 382 g/mol. The molecule has 25 heavy (non-hydrogen) atoms. The average Bonchev–Trinajstić information content (AvgIpc) is 2.59. The van der Waals surface area contributed by atoms with Crippen LogP contribution in [0.15, 0.2) is 36.4 Å². The minimum Gasteiger partial charge on any atom is -0.494 e. The third kappa shape index (κ3) is 4.03. The summed E-state index contributed by atoms with van der Waals surface area (Å²) >= 11 is 12.2. The van der Waals surface area contributed by atoms with E-state index in [0.717, 1.165) is 0 Å². The molecule has 0 fully saturated rings. The molecular weight excluding hydrogens is 367 g/mol. The number of hydrogen-bond acceptors (Lipinski definition) is 4. The second-order valence-electron chi connectivity index (χ2n) is 5.42. The number of nitrogens with zero attached hydrogens (tertiary/aromatic N) is 2. The van der Waals surface area contributed by atoms with Gasteiger partial charge in [0.25, 0.3) is 11.6 Å². The topological polar surface area (TPSA) is 72.7 Å². The lowest BCUT2D eigenvalue weighted by Gasteiger charge is -2.25. The first kappa shape index (κ1) is 19.0. The number of non-ortho nitro benzene ring substituents is 1. The normalized spacial score (nSPS) is 11.7. The Morgan fingerprint density at radius 1 is 1.24 bits per heavy atom. The summed E-state index contributed by atoms with van der Waals surface area (Å²) < 4.78 is 5.07. The number of hydrogen-bond donors (Lipinski definition) is 0. The minimum atomic E-state index is -0.471. The molecular formula is C17H16Cl2N2O4. The van der Waals surface area contributed by atoms with Crippen LogP contribution in [0.4, 0.5) is 5.69 Å². The van der Waals surface area contributed by atoms with Crippen LogP contribution in [0.1, 0.15) is 28.9 Å². The third-order valence-corrected chi connectivity index (χ3v) is 4.48. The van der Waals surface area contributed by atoms with Crippen molar-refractivity contribution in [3.05, 3.63) is 67.7 Å². The number of nitro groups is 1. The van der Waals surface area contributed by atoms with Gasteiger partial charge in [0.2, 0.25) is 0 Å². The molecule has 0 aliphatic heterocycles. The molecule has 0 heterocycles. The summed E-state index contributed by atoms with van der Waals surface area (Å²) in [5, 5.41) is 11.4. The molecule has 0 spiro atoms. The van der Waals surface area contributed by atoms with E-state index in [1.165, 1.54) is 36.3 Å². The second-order valence-corrected chi connectivity index (χ2v) is 6.23. The molecule has 1 atom stereocenters. The highest BCUT2D eigenvalue weighted by atomic mass is 35.5. The van der Waals surface area contributed by atoms with E-state index in [9.17, 15) is 14.9 Å². The molecule has 0 aromatic heterocycles. The largest absolute Gasteiger partial charge is 0.494 e. The van der Waals surface area contributed by atoms with E-state index in [4.69, 9.17) is 27.9 Å². The summed E-state index contributed by atoms with van der Waals surface area (Å²) in [5.41, 5.74) is 0.923. The van der Waals surface area contributed by atoms with Crippen molar-refractivity contribution in [1.82, 2.24) is 4.90 Å². The first-order chi connectivity index (χ1) is 11.8. The maximum absolute atomic E-state index is 12.7. The van der Waals surface area contributed by atoms with Gasteiger partial charge in [0.05, 0.1) is 28.1 Å². The van der Waals surface area contributed by atoms with Crippen LogP contribution < -0.4 is 4.74 Å². The molecule has 0 unspecified atom stereocenters. The molecule has 0 saturated carbocycles. The summed E-state index contributed by atoms with van der Waals surface area (Å²) in [5.74, 6) is -0.0141. The van der Waals surface area contributed by atoms with Crippen LogP contribution in [-0.4, -0.2) is 29.9 Å². The van der Waals surface area contributed by atoms with Crippen LogP contribution in [0.5, 0.6) is 5.75 Å². The van der Waals surface area contributed by atoms with Crippen molar-refractivity contribution in [3.63, 3.8) is 0 Å². The first-order valence-electron chi connectivity index (χ1n) is 7.30. The highest BCUT2D eigenvalue weighted by molar-refractivity contribution is 6.37. The SMILES string of the molecule is COc1c(Cl)cc(C(=O)N(C)[C@H](C)c2cccc([N+](=O)[O-])c2)cc1Cl. The standard InChI is InChI=1S/C17H16Cl2N2O4/c1-10(11-5-4-6-13(7-11)21(23)24)20(2)17(22)12-8-14(18)16(25-3)15(19)9-12/h4-10H,1-3H3/t10-/m1/s1. The molecule has 0 bridgehead atoms. The Morgan fingerprint density at radius 3 is 2.36 bits per heavy atom. The molecule has 6 nitrogen and oxygen atoms in total. The Labute approximate surface area is 155 Å². The molecule has 8 heteroatoms. The van der Waals surface area contributed by atoms with Gasteiger partial charge in [0.15, 0.2) is 5.75 Å². The zero-order chi connectivity index (χ0) is 18.7. The number of nitro benzene ring substituents is 1. The van der Waals surface area contributed by atoms with Gasteiger partial charge in [0.1, 0.15) is 0 Å². The number of carbonyl (C=O) groups is 1. The van der Waals surface area contributed by atoms with Crippen molar-refractivity contribution < 1.29 is 14.5 Å². The van der Waals surface area contributed by atoms with Crippen LogP contribution in [0, 0.1) is 10.1 Å². The van der Waals surface area contributed by atoms with Crippen molar-refractivity contribution in [3.8, 4) is 5.75 Å². The maximum Gasteiger partial charge on any atom is 0.269 e. The fraction of sp³-hybridized carbons (Fsp3) is 0.235. The quantitative estimate of drug-likeness (QED) is 0.552. The number of benzene rings is 2. The molecule has 2 aromatic carbocycles. The summed E-state index contributed by atoms with van der Waals surface area (Å²) in [6.45, 7) is 1.78. The summed E-state index contributed by atoms with van der Waals surface area (Å²) in [6.07, 6.45) is 0. The number of methoxy groups -OCH3 is 1. The molecule has 2 rings (SSSR count). The van der Waals surface area contributed by atoms with E-state index >= 15 is 0 Å². The van der Waals surface area contributed by atoms with Gasteiger partial charge in [-0.2, -0.15) is 0 Å². The molecule has 0 radical (unpaired) electrons. The van der Waals surface area contributed by atoms with Gasteiger partial charge < -0.3 is 9.64 Å². The molecule has 0 saturated heterocycles. The van der Waals surface area contributed by atoms with E-state index < -0.39 is 4.92 Å². The molecule has 0 N–H and O–H groups in total. The fourth-order valence-corrected chi connectivity index (χ4v) is 3.02. The summed E-state index contributed by atoms with van der Waals surface area (Å²) in [6, 6.07) is 8.74. The predicted molar refractivity (Wildman–Crippen MR) is 96.6 cm³/mol. The van der Waals surface area contributed by atoms with Crippen LogP contribution in [0.3, 0.4) is 0 Å². The molecule has 132 valence electrons. The average molecular weight is 383 g/mol. The van der Waals surface area contributed by atoms with Gasteiger partial charge in [-0.1, -0.05) is 35.3 Å². The Morgan fingerprint density at radius 2 is 1.84 bits per heavy atom. The Hall–Kier alpha value is -2.31. The number of halogens is 2. The molecule has 2 aromatic rings. The lowest BCUT2D eigenvalue weighted by atomic mass is 10.1. The minimum absolute atomic E-state index is 0.0271. The number of ether oxygens (including phenoxy) is 1. The predicted octanol–water partition coefficient (Wildman–Crippen LogP) is 4.74.